The average Bonchev–Trinajstić information content (AvgIpc) is 2.79. The lowest BCUT2D eigenvalue weighted by Crippen LogP contribution is -1.97. The number of halogens is 2. The highest BCUT2D eigenvalue weighted by Gasteiger charge is 2.22. The molecule has 0 amide bonds. The van der Waals surface area contributed by atoms with Gasteiger partial charge in [0.25, 0.3) is 0 Å². The molecule has 0 aromatic heterocycles. The molecule has 1 unspecified atom stereocenters. The van der Waals surface area contributed by atoms with Gasteiger partial charge in [-0.2, -0.15) is 0 Å². The molecule has 0 bridgehead atoms. The summed E-state index contributed by atoms with van der Waals surface area (Å²) < 4.78 is 24.7. The molecule has 3 nitrogen and oxygen atoms in total. The Morgan fingerprint density at radius 3 is 2.95 bits per heavy atom. The molecule has 1 aliphatic rings. The van der Waals surface area contributed by atoms with Gasteiger partial charge in [0.1, 0.15) is 36.6 Å². The van der Waals surface area contributed by atoms with Gasteiger partial charge in [-0.05, 0) is 24.3 Å². The summed E-state index contributed by atoms with van der Waals surface area (Å²) in [6.07, 6.45) is -0.565. The van der Waals surface area contributed by atoms with Crippen LogP contribution in [0.3, 0.4) is 0 Å². The Bertz CT molecular complexity index is 645. The maximum absolute atomic E-state index is 13.0. The largest absolute Gasteiger partial charge is 0.490 e. The molecule has 2 aromatic rings. The number of ether oxygens (including phenoxy) is 2. The Morgan fingerprint density at radius 2 is 2.15 bits per heavy atom. The van der Waals surface area contributed by atoms with Gasteiger partial charge in [0.15, 0.2) is 0 Å². The van der Waals surface area contributed by atoms with E-state index in [0.717, 1.165) is 11.1 Å². The number of hydrogen-bond donors (Lipinski definition) is 1. The molecule has 1 N–H and O–H groups in total. The van der Waals surface area contributed by atoms with Crippen molar-refractivity contribution in [3.05, 3.63) is 57.8 Å². The van der Waals surface area contributed by atoms with Crippen molar-refractivity contribution in [1.29, 1.82) is 0 Å². The third-order valence-electron chi connectivity index (χ3n) is 3.15. The van der Waals surface area contributed by atoms with E-state index in [9.17, 15) is 9.50 Å². The number of hydrogen-bond acceptors (Lipinski definition) is 3. The molecule has 104 valence electrons. The Labute approximate surface area is 124 Å². The summed E-state index contributed by atoms with van der Waals surface area (Å²) in [5, 5.41) is 9.63. The number of aliphatic hydroxyl groups is 1. The monoisotopic (exact) mass is 338 g/mol. The van der Waals surface area contributed by atoms with Gasteiger partial charge in [-0.1, -0.05) is 22.0 Å². The van der Waals surface area contributed by atoms with Crippen LogP contribution in [0.1, 0.15) is 17.2 Å². The minimum absolute atomic E-state index is 0.280. The van der Waals surface area contributed by atoms with Gasteiger partial charge in [-0.3, -0.25) is 0 Å². The van der Waals surface area contributed by atoms with Gasteiger partial charge in [-0.15, -0.1) is 0 Å². The molecular weight excluding hydrogens is 327 g/mol. The first-order valence-corrected chi connectivity index (χ1v) is 6.94. The average molecular weight is 339 g/mol. The zero-order valence-corrected chi connectivity index (χ0v) is 12.1. The van der Waals surface area contributed by atoms with E-state index in [0.29, 0.717) is 22.6 Å². The fraction of sp³-hybridized carbons (Fsp3) is 0.200. The van der Waals surface area contributed by atoms with Crippen molar-refractivity contribution in [3.63, 3.8) is 0 Å². The molecule has 0 saturated heterocycles. The lowest BCUT2D eigenvalue weighted by molar-refractivity contribution is 0.140. The van der Waals surface area contributed by atoms with Gasteiger partial charge in [0, 0.05) is 21.7 Å². The fourth-order valence-electron chi connectivity index (χ4n) is 2.06. The van der Waals surface area contributed by atoms with Crippen LogP contribution >= 0.6 is 15.9 Å². The summed E-state index contributed by atoms with van der Waals surface area (Å²) >= 11 is 3.30. The van der Waals surface area contributed by atoms with Crippen LogP contribution in [0.15, 0.2) is 40.9 Å². The molecule has 5 heteroatoms. The molecule has 1 heterocycles. The van der Waals surface area contributed by atoms with Crippen molar-refractivity contribution < 1.29 is 19.0 Å². The van der Waals surface area contributed by atoms with Gasteiger partial charge in [-0.25, -0.2) is 4.39 Å². The number of benzene rings is 2. The molecule has 3 rings (SSSR count). The summed E-state index contributed by atoms with van der Waals surface area (Å²) in [7, 11) is 0. The first-order chi connectivity index (χ1) is 9.63. The molecule has 1 aliphatic heterocycles. The van der Waals surface area contributed by atoms with Crippen LogP contribution in [0.4, 0.5) is 4.39 Å². The first-order valence-electron chi connectivity index (χ1n) is 6.15. The second-order valence-electron chi connectivity index (χ2n) is 4.55. The molecule has 1 atom stereocenters. The van der Waals surface area contributed by atoms with Gasteiger partial charge in [0.2, 0.25) is 0 Å². The maximum Gasteiger partial charge on any atom is 0.129 e. The standard InChI is InChI=1S/C15H12BrFO3/c16-13-5-10(17)2-1-9(13)7-19-11-3-4-12-14(18)8-20-15(12)6-11/h1-6,14,18H,7-8H2. The van der Waals surface area contributed by atoms with Crippen LogP contribution in [-0.4, -0.2) is 11.7 Å². The van der Waals surface area contributed by atoms with Gasteiger partial charge < -0.3 is 14.6 Å². The van der Waals surface area contributed by atoms with E-state index >= 15 is 0 Å². The second-order valence-corrected chi connectivity index (χ2v) is 5.41. The van der Waals surface area contributed by atoms with E-state index in [4.69, 9.17) is 9.47 Å². The molecular formula is C15H12BrFO3. The topological polar surface area (TPSA) is 38.7 Å². The number of fused-ring (bicyclic) bond motifs is 1. The smallest absolute Gasteiger partial charge is 0.129 e. The van der Waals surface area contributed by atoms with Crippen molar-refractivity contribution in [1.82, 2.24) is 0 Å². The highest BCUT2D eigenvalue weighted by Crippen LogP contribution is 2.35. The summed E-state index contributed by atoms with van der Waals surface area (Å²) in [4.78, 5) is 0. The highest BCUT2D eigenvalue weighted by molar-refractivity contribution is 9.10. The number of rotatable bonds is 3. The Balaban J connectivity index is 1.73. The third-order valence-corrected chi connectivity index (χ3v) is 3.89. The molecule has 0 fully saturated rings. The normalized spacial score (nSPS) is 16.6. The molecule has 20 heavy (non-hydrogen) atoms. The minimum atomic E-state index is -0.565. The highest BCUT2D eigenvalue weighted by atomic mass is 79.9. The minimum Gasteiger partial charge on any atom is -0.490 e. The fourth-order valence-corrected chi connectivity index (χ4v) is 2.53. The zero-order valence-electron chi connectivity index (χ0n) is 10.5. The lowest BCUT2D eigenvalue weighted by Gasteiger charge is -2.09. The van der Waals surface area contributed by atoms with E-state index in [1.165, 1.54) is 12.1 Å². The van der Waals surface area contributed by atoms with E-state index in [2.05, 4.69) is 15.9 Å². The SMILES string of the molecule is OC1COc2cc(OCc3ccc(F)cc3Br)ccc21. The van der Waals surface area contributed by atoms with Gasteiger partial charge in [0.05, 0.1) is 0 Å². The summed E-state index contributed by atoms with van der Waals surface area (Å²) in [5.74, 6) is 1.00. The molecule has 0 radical (unpaired) electrons. The quantitative estimate of drug-likeness (QED) is 0.929. The predicted octanol–water partition coefficient (Wildman–Crippen LogP) is 3.59. The maximum atomic E-state index is 13.0. The first kappa shape index (κ1) is 13.4. The van der Waals surface area contributed by atoms with Crippen LogP contribution in [0.2, 0.25) is 0 Å². The molecule has 0 aliphatic carbocycles. The van der Waals surface area contributed by atoms with E-state index in [1.54, 1.807) is 24.3 Å². The summed E-state index contributed by atoms with van der Waals surface area (Å²) in [6.45, 7) is 0.602. The van der Waals surface area contributed by atoms with E-state index < -0.39 is 6.10 Å². The van der Waals surface area contributed by atoms with E-state index in [1.807, 2.05) is 0 Å². The van der Waals surface area contributed by atoms with Crippen molar-refractivity contribution in [2.24, 2.45) is 0 Å². The van der Waals surface area contributed by atoms with Crippen LogP contribution in [0.5, 0.6) is 11.5 Å². The van der Waals surface area contributed by atoms with Gasteiger partial charge >= 0.3 is 0 Å². The van der Waals surface area contributed by atoms with Crippen molar-refractivity contribution in [2.75, 3.05) is 6.61 Å². The van der Waals surface area contributed by atoms with Crippen LogP contribution < -0.4 is 9.47 Å². The second kappa shape index (κ2) is 5.42. The van der Waals surface area contributed by atoms with E-state index in [-0.39, 0.29) is 12.4 Å². The number of aliphatic hydroxyl groups excluding tert-OH is 1. The molecule has 2 aromatic carbocycles. The molecule has 0 spiro atoms. The van der Waals surface area contributed by atoms with Crippen molar-refractivity contribution in [3.8, 4) is 11.5 Å². The Hall–Kier alpha value is -1.59. The van der Waals surface area contributed by atoms with Crippen LogP contribution in [0.25, 0.3) is 0 Å². The molecule has 0 saturated carbocycles. The van der Waals surface area contributed by atoms with Crippen molar-refractivity contribution in [2.45, 2.75) is 12.7 Å². The Kier molecular flexibility index (Phi) is 3.63. The van der Waals surface area contributed by atoms with Crippen LogP contribution in [0, 0.1) is 5.82 Å². The predicted molar refractivity (Wildman–Crippen MR) is 75.3 cm³/mol. The lowest BCUT2D eigenvalue weighted by atomic mass is 10.1. The zero-order chi connectivity index (χ0) is 14.1. The summed E-state index contributed by atoms with van der Waals surface area (Å²) in [6, 6.07) is 9.80. The Morgan fingerprint density at radius 1 is 1.30 bits per heavy atom. The van der Waals surface area contributed by atoms with Crippen molar-refractivity contribution >= 4 is 15.9 Å². The van der Waals surface area contributed by atoms with Crippen LogP contribution in [-0.2, 0) is 6.61 Å². The summed E-state index contributed by atoms with van der Waals surface area (Å²) in [5.41, 5.74) is 1.63. The third kappa shape index (κ3) is 2.64.